The zero-order valence-electron chi connectivity index (χ0n) is 9.10. The molecule has 1 aromatic rings. The van der Waals surface area contributed by atoms with Crippen molar-refractivity contribution in [2.24, 2.45) is 0 Å². The number of hydrogen-bond acceptors (Lipinski definition) is 4. The smallest absolute Gasteiger partial charge is 0.307 e. The molecule has 0 aliphatic rings. The minimum atomic E-state index is -1.21. The Kier molecular flexibility index (Phi) is 3.57. The number of phenolic OH excluding ortho intramolecular Hbond substituents is 2. The first-order chi connectivity index (χ1) is 7.82. The lowest BCUT2D eigenvalue weighted by molar-refractivity contribution is -0.137. The normalized spacial score (nSPS) is 10.2. The van der Waals surface area contributed by atoms with E-state index in [-0.39, 0.29) is 11.1 Å². The first-order valence-electron chi connectivity index (χ1n) is 4.79. The Morgan fingerprint density at radius 2 is 1.53 bits per heavy atom. The number of aromatic hydroxyl groups is 2. The first kappa shape index (κ1) is 12.8. The molecule has 0 amide bonds. The molecule has 0 bridgehead atoms. The Balaban J connectivity index is 3.38. The zero-order valence-corrected chi connectivity index (χ0v) is 9.10. The molecule has 0 fully saturated rings. The van der Waals surface area contributed by atoms with Crippen LogP contribution in [0.25, 0.3) is 0 Å². The Hall–Kier alpha value is -2.24. The maximum absolute atomic E-state index is 10.7. The first-order valence-corrected chi connectivity index (χ1v) is 4.79. The van der Waals surface area contributed by atoms with Crippen LogP contribution in [0.2, 0.25) is 0 Å². The van der Waals surface area contributed by atoms with Crippen molar-refractivity contribution in [3.8, 4) is 11.5 Å². The van der Waals surface area contributed by atoms with Crippen LogP contribution in [0.5, 0.6) is 11.5 Å². The molecule has 0 heterocycles. The summed E-state index contributed by atoms with van der Waals surface area (Å²) in [7, 11) is 0. The molecule has 0 saturated carbocycles. The molecule has 0 saturated heterocycles. The van der Waals surface area contributed by atoms with Crippen LogP contribution < -0.4 is 0 Å². The number of benzene rings is 1. The Labute approximate surface area is 96.8 Å². The second kappa shape index (κ2) is 4.73. The van der Waals surface area contributed by atoms with Gasteiger partial charge in [-0.2, -0.15) is 0 Å². The number of phenols is 2. The van der Waals surface area contributed by atoms with Crippen LogP contribution in [0.3, 0.4) is 0 Å². The Morgan fingerprint density at radius 1 is 1.06 bits per heavy atom. The Morgan fingerprint density at radius 3 is 2.00 bits per heavy atom. The summed E-state index contributed by atoms with van der Waals surface area (Å²) >= 11 is 0. The monoisotopic (exact) mass is 240 g/mol. The van der Waals surface area contributed by atoms with E-state index in [2.05, 4.69) is 0 Å². The van der Waals surface area contributed by atoms with Gasteiger partial charge in [-0.3, -0.25) is 9.59 Å². The molecule has 17 heavy (non-hydrogen) atoms. The molecule has 0 spiro atoms. The van der Waals surface area contributed by atoms with Gasteiger partial charge in [-0.05, 0) is 24.1 Å². The summed E-state index contributed by atoms with van der Waals surface area (Å²) in [5, 5.41) is 36.3. The van der Waals surface area contributed by atoms with Crippen LogP contribution in [0.4, 0.5) is 0 Å². The lowest BCUT2D eigenvalue weighted by atomic mass is 9.95. The standard InChI is InChI=1S/C11H12O6/c1-5-2-8(12)11(17)7(4-10(15)16)6(5)3-9(13)14/h2,12,17H,3-4H2,1H3,(H,13,14)(H,15,16). The van der Waals surface area contributed by atoms with Crippen LogP contribution in [0.1, 0.15) is 16.7 Å². The van der Waals surface area contributed by atoms with Crippen LogP contribution in [-0.4, -0.2) is 32.4 Å². The average Bonchev–Trinajstić information content (AvgIpc) is 2.19. The predicted octanol–water partition coefficient (Wildman–Crippen LogP) is 0.660. The SMILES string of the molecule is Cc1cc(O)c(O)c(CC(=O)O)c1CC(=O)O. The van der Waals surface area contributed by atoms with Gasteiger partial charge in [0.1, 0.15) is 0 Å². The largest absolute Gasteiger partial charge is 0.504 e. The summed E-state index contributed by atoms with van der Waals surface area (Å²) in [5.41, 5.74) is 0.589. The van der Waals surface area contributed by atoms with E-state index in [0.29, 0.717) is 5.56 Å². The number of carboxylic acids is 2. The molecule has 0 aliphatic heterocycles. The highest BCUT2D eigenvalue weighted by Gasteiger charge is 2.19. The third kappa shape index (κ3) is 2.87. The molecule has 0 radical (unpaired) electrons. The molecule has 6 nitrogen and oxygen atoms in total. The number of aryl methyl sites for hydroxylation is 1. The molecule has 0 aromatic heterocycles. The van der Waals surface area contributed by atoms with Crippen molar-refractivity contribution in [2.75, 3.05) is 0 Å². The van der Waals surface area contributed by atoms with Gasteiger partial charge in [0, 0.05) is 5.56 Å². The second-order valence-electron chi connectivity index (χ2n) is 3.66. The maximum Gasteiger partial charge on any atom is 0.307 e. The molecule has 4 N–H and O–H groups in total. The summed E-state index contributed by atoms with van der Waals surface area (Å²) < 4.78 is 0. The van der Waals surface area contributed by atoms with E-state index in [4.69, 9.17) is 10.2 Å². The van der Waals surface area contributed by atoms with Crippen molar-refractivity contribution >= 4 is 11.9 Å². The summed E-state index contributed by atoms with van der Waals surface area (Å²) in [6, 6.07) is 1.21. The van der Waals surface area contributed by atoms with E-state index in [0.717, 1.165) is 0 Å². The van der Waals surface area contributed by atoms with E-state index >= 15 is 0 Å². The van der Waals surface area contributed by atoms with E-state index in [9.17, 15) is 19.8 Å². The van der Waals surface area contributed by atoms with Crippen molar-refractivity contribution in [3.05, 3.63) is 22.8 Å². The predicted molar refractivity (Wildman–Crippen MR) is 57.2 cm³/mol. The number of aliphatic carboxylic acids is 2. The van der Waals surface area contributed by atoms with Crippen molar-refractivity contribution in [2.45, 2.75) is 19.8 Å². The zero-order chi connectivity index (χ0) is 13.2. The van der Waals surface area contributed by atoms with Gasteiger partial charge < -0.3 is 20.4 Å². The fraction of sp³-hybridized carbons (Fsp3) is 0.273. The van der Waals surface area contributed by atoms with Gasteiger partial charge in [0.15, 0.2) is 11.5 Å². The summed E-state index contributed by atoms with van der Waals surface area (Å²) in [6.07, 6.45) is -0.939. The number of hydrogen-bond donors (Lipinski definition) is 4. The van der Waals surface area contributed by atoms with Gasteiger partial charge in [-0.25, -0.2) is 0 Å². The van der Waals surface area contributed by atoms with Gasteiger partial charge in [-0.15, -0.1) is 0 Å². The van der Waals surface area contributed by atoms with Gasteiger partial charge >= 0.3 is 11.9 Å². The van der Waals surface area contributed by atoms with Gasteiger partial charge in [0.2, 0.25) is 0 Å². The van der Waals surface area contributed by atoms with Gasteiger partial charge in [-0.1, -0.05) is 0 Å². The molecular formula is C11H12O6. The lowest BCUT2D eigenvalue weighted by Crippen LogP contribution is -2.10. The van der Waals surface area contributed by atoms with Crippen molar-refractivity contribution in [1.82, 2.24) is 0 Å². The minimum absolute atomic E-state index is 0.0580. The van der Waals surface area contributed by atoms with Crippen LogP contribution in [0.15, 0.2) is 6.07 Å². The third-order valence-electron chi connectivity index (χ3n) is 2.38. The fourth-order valence-corrected chi connectivity index (χ4v) is 1.64. The lowest BCUT2D eigenvalue weighted by Gasteiger charge is -2.13. The molecule has 1 rings (SSSR count). The van der Waals surface area contributed by atoms with E-state index < -0.39 is 36.3 Å². The van der Waals surface area contributed by atoms with Crippen LogP contribution in [0, 0.1) is 6.92 Å². The highest BCUT2D eigenvalue weighted by molar-refractivity contribution is 5.77. The maximum atomic E-state index is 10.7. The average molecular weight is 240 g/mol. The number of carboxylic acid groups (broad SMARTS) is 2. The molecule has 0 atom stereocenters. The number of carbonyl (C=O) groups is 2. The van der Waals surface area contributed by atoms with Gasteiger partial charge in [0.05, 0.1) is 12.8 Å². The molecule has 6 heteroatoms. The van der Waals surface area contributed by atoms with Gasteiger partial charge in [0.25, 0.3) is 0 Å². The highest BCUT2D eigenvalue weighted by atomic mass is 16.4. The van der Waals surface area contributed by atoms with E-state index in [1.807, 2.05) is 0 Å². The molecule has 92 valence electrons. The summed E-state index contributed by atoms with van der Waals surface area (Å²) in [4.78, 5) is 21.3. The molecule has 1 aromatic carbocycles. The number of rotatable bonds is 4. The topological polar surface area (TPSA) is 115 Å². The highest BCUT2D eigenvalue weighted by Crippen LogP contribution is 2.34. The molecule has 0 unspecified atom stereocenters. The molecule has 0 aliphatic carbocycles. The van der Waals surface area contributed by atoms with Crippen LogP contribution >= 0.6 is 0 Å². The third-order valence-corrected chi connectivity index (χ3v) is 2.38. The van der Waals surface area contributed by atoms with Crippen molar-refractivity contribution in [1.29, 1.82) is 0 Å². The summed E-state index contributed by atoms with van der Waals surface area (Å²) in [5.74, 6) is -3.37. The molecular weight excluding hydrogens is 228 g/mol. The fourth-order valence-electron chi connectivity index (χ4n) is 1.64. The van der Waals surface area contributed by atoms with Crippen LogP contribution in [-0.2, 0) is 22.4 Å². The van der Waals surface area contributed by atoms with Crippen molar-refractivity contribution < 1.29 is 30.0 Å². The van der Waals surface area contributed by atoms with E-state index in [1.54, 1.807) is 6.92 Å². The van der Waals surface area contributed by atoms with Crippen molar-refractivity contribution in [3.63, 3.8) is 0 Å². The second-order valence-corrected chi connectivity index (χ2v) is 3.66. The van der Waals surface area contributed by atoms with E-state index in [1.165, 1.54) is 6.07 Å². The summed E-state index contributed by atoms with van der Waals surface area (Å²) in [6.45, 7) is 1.54. The minimum Gasteiger partial charge on any atom is -0.504 e. The Bertz CT molecular complexity index is 477. The quantitative estimate of drug-likeness (QED) is 0.575.